The molecule has 5 heteroatoms. The van der Waals surface area contributed by atoms with E-state index >= 15 is 0 Å². The molecule has 0 radical (unpaired) electrons. The van der Waals surface area contributed by atoms with Gasteiger partial charge in [0.1, 0.15) is 5.82 Å². The lowest BCUT2D eigenvalue weighted by molar-refractivity contribution is 0.616. The highest BCUT2D eigenvalue weighted by Gasteiger charge is 2.07. The summed E-state index contributed by atoms with van der Waals surface area (Å²) in [6.07, 6.45) is 6.58. The summed E-state index contributed by atoms with van der Waals surface area (Å²) in [4.78, 5) is 3.89. The minimum Gasteiger partial charge on any atom is -0.378 e. The Bertz CT molecular complexity index is 740. The molecule has 3 aromatic rings. The first-order chi connectivity index (χ1) is 10.7. The number of nitrogens with zero attached hydrogens (tertiary/aromatic N) is 3. The first-order valence-corrected chi connectivity index (χ1v) is 7.14. The summed E-state index contributed by atoms with van der Waals surface area (Å²) < 4.78 is 15.1. The lowest BCUT2D eigenvalue weighted by Crippen LogP contribution is -2.08. The van der Waals surface area contributed by atoms with E-state index in [4.69, 9.17) is 0 Å². The molecule has 0 aliphatic carbocycles. The summed E-state index contributed by atoms with van der Waals surface area (Å²) in [5.41, 5.74) is 2.96. The molecule has 0 aliphatic heterocycles. The number of pyridine rings is 1. The van der Waals surface area contributed by atoms with Gasteiger partial charge in [-0.3, -0.25) is 9.67 Å². The second-order valence-electron chi connectivity index (χ2n) is 5.21. The van der Waals surface area contributed by atoms with Gasteiger partial charge in [0.2, 0.25) is 0 Å². The fourth-order valence-corrected chi connectivity index (χ4v) is 2.34. The molecule has 0 bridgehead atoms. The Kier molecular flexibility index (Phi) is 4.14. The quantitative estimate of drug-likeness (QED) is 0.781. The number of rotatable bonds is 5. The first kappa shape index (κ1) is 14.3. The topological polar surface area (TPSA) is 42.7 Å². The van der Waals surface area contributed by atoms with Gasteiger partial charge in [0.15, 0.2) is 0 Å². The average molecular weight is 296 g/mol. The zero-order valence-corrected chi connectivity index (χ0v) is 12.3. The van der Waals surface area contributed by atoms with Crippen LogP contribution in [0.5, 0.6) is 0 Å². The van der Waals surface area contributed by atoms with Crippen LogP contribution in [0.25, 0.3) is 0 Å². The molecule has 0 spiro atoms. The van der Waals surface area contributed by atoms with Crippen molar-refractivity contribution in [2.45, 2.75) is 19.5 Å². The average Bonchev–Trinajstić information content (AvgIpc) is 3.00. The molecule has 0 fully saturated rings. The molecule has 22 heavy (non-hydrogen) atoms. The number of aromatic nitrogens is 3. The maximum absolute atomic E-state index is 13.2. The van der Waals surface area contributed by atoms with E-state index in [0.29, 0.717) is 0 Å². The van der Waals surface area contributed by atoms with Crippen LogP contribution in [0.4, 0.5) is 10.1 Å². The van der Waals surface area contributed by atoms with Crippen molar-refractivity contribution in [2.24, 2.45) is 0 Å². The third-order valence-corrected chi connectivity index (χ3v) is 3.44. The van der Waals surface area contributed by atoms with Gasteiger partial charge < -0.3 is 5.32 Å². The number of hydrogen-bond acceptors (Lipinski definition) is 3. The maximum Gasteiger partial charge on any atom is 0.141 e. The lowest BCUT2D eigenvalue weighted by Gasteiger charge is -2.16. The predicted molar refractivity (Wildman–Crippen MR) is 84.0 cm³/mol. The van der Waals surface area contributed by atoms with E-state index in [1.807, 2.05) is 36.0 Å². The van der Waals surface area contributed by atoms with Crippen LogP contribution in [0.15, 0.2) is 61.2 Å². The molecule has 0 saturated carbocycles. The number of nitrogens with one attached hydrogen (secondary N) is 1. The Morgan fingerprint density at radius 2 is 2.14 bits per heavy atom. The molecular weight excluding hydrogens is 279 g/mol. The standard InChI is InChI=1S/C17H17FN4/c1-13(15-9-16(18)11-19-10-15)21-17-5-2-4-14(8-17)12-22-7-3-6-20-22/h2-11,13,21H,12H2,1H3/t13-/m1/s1. The molecule has 0 saturated heterocycles. The van der Waals surface area contributed by atoms with E-state index < -0.39 is 0 Å². The SMILES string of the molecule is C[C@@H](Nc1cccc(Cn2cccn2)c1)c1cncc(F)c1. The molecule has 1 N–H and O–H groups in total. The van der Waals surface area contributed by atoms with Crippen LogP contribution in [-0.2, 0) is 6.54 Å². The Morgan fingerprint density at radius 1 is 1.23 bits per heavy atom. The summed E-state index contributed by atoms with van der Waals surface area (Å²) in [5.74, 6) is -0.321. The van der Waals surface area contributed by atoms with Crippen molar-refractivity contribution in [1.82, 2.24) is 14.8 Å². The maximum atomic E-state index is 13.2. The van der Waals surface area contributed by atoms with Crippen LogP contribution < -0.4 is 5.32 Å². The van der Waals surface area contributed by atoms with Gasteiger partial charge in [-0.25, -0.2) is 4.39 Å². The number of benzene rings is 1. The molecule has 112 valence electrons. The van der Waals surface area contributed by atoms with E-state index in [-0.39, 0.29) is 11.9 Å². The fourth-order valence-electron chi connectivity index (χ4n) is 2.34. The summed E-state index contributed by atoms with van der Waals surface area (Å²) in [5, 5.41) is 7.57. The van der Waals surface area contributed by atoms with Gasteiger partial charge >= 0.3 is 0 Å². The summed E-state index contributed by atoms with van der Waals surface area (Å²) in [6.45, 7) is 2.70. The van der Waals surface area contributed by atoms with Crippen molar-refractivity contribution in [2.75, 3.05) is 5.32 Å². The second-order valence-corrected chi connectivity index (χ2v) is 5.21. The molecular formula is C17H17FN4. The zero-order chi connectivity index (χ0) is 15.4. The fraction of sp³-hybridized carbons (Fsp3) is 0.176. The number of anilines is 1. The predicted octanol–water partition coefficient (Wildman–Crippen LogP) is 3.64. The van der Waals surface area contributed by atoms with Crippen LogP contribution in [-0.4, -0.2) is 14.8 Å². The van der Waals surface area contributed by atoms with Gasteiger partial charge in [-0.15, -0.1) is 0 Å². The van der Waals surface area contributed by atoms with Crippen LogP contribution in [0.3, 0.4) is 0 Å². The van der Waals surface area contributed by atoms with E-state index in [1.54, 1.807) is 12.4 Å². The smallest absolute Gasteiger partial charge is 0.141 e. The molecule has 1 aromatic carbocycles. The largest absolute Gasteiger partial charge is 0.378 e. The Labute approximate surface area is 128 Å². The zero-order valence-electron chi connectivity index (χ0n) is 12.3. The molecule has 1 atom stereocenters. The first-order valence-electron chi connectivity index (χ1n) is 7.14. The van der Waals surface area contributed by atoms with Gasteiger partial charge in [0.25, 0.3) is 0 Å². The monoisotopic (exact) mass is 296 g/mol. The minimum absolute atomic E-state index is 0.0249. The molecule has 2 aromatic heterocycles. The van der Waals surface area contributed by atoms with Crippen LogP contribution >= 0.6 is 0 Å². The van der Waals surface area contributed by atoms with Gasteiger partial charge in [-0.05, 0) is 42.3 Å². The van der Waals surface area contributed by atoms with Crippen LogP contribution in [0.1, 0.15) is 24.1 Å². The minimum atomic E-state index is -0.321. The van der Waals surface area contributed by atoms with E-state index in [1.165, 1.54) is 12.3 Å². The van der Waals surface area contributed by atoms with Crippen LogP contribution in [0.2, 0.25) is 0 Å². The van der Waals surface area contributed by atoms with E-state index in [2.05, 4.69) is 27.5 Å². The van der Waals surface area contributed by atoms with Gasteiger partial charge in [0, 0.05) is 24.3 Å². The van der Waals surface area contributed by atoms with Gasteiger partial charge in [-0.2, -0.15) is 5.10 Å². The highest BCUT2D eigenvalue weighted by Crippen LogP contribution is 2.20. The Balaban J connectivity index is 1.72. The van der Waals surface area contributed by atoms with Crippen molar-refractivity contribution >= 4 is 5.69 Å². The second kappa shape index (κ2) is 6.39. The molecule has 0 amide bonds. The van der Waals surface area contributed by atoms with Crippen LogP contribution in [0, 0.1) is 5.82 Å². The molecule has 4 nitrogen and oxygen atoms in total. The third-order valence-electron chi connectivity index (χ3n) is 3.44. The molecule has 0 aliphatic rings. The van der Waals surface area contributed by atoms with E-state index in [9.17, 15) is 4.39 Å². The lowest BCUT2D eigenvalue weighted by atomic mass is 10.1. The summed E-state index contributed by atoms with van der Waals surface area (Å²) in [6, 6.07) is 11.5. The third kappa shape index (κ3) is 3.49. The van der Waals surface area contributed by atoms with E-state index in [0.717, 1.165) is 23.4 Å². The molecule has 3 rings (SSSR count). The number of hydrogen-bond donors (Lipinski definition) is 1. The summed E-state index contributed by atoms with van der Waals surface area (Å²) in [7, 11) is 0. The van der Waals surface area contributed by atoms with Gasteiger partial charge in [-0.1, -0.05) is 12.1 Å². The van der Waals surface area contributed by atoms with Crippen molar-refractivity contribution in [3.63, 3.8) is 0 Å². The Morgan fingerprint density at radius 3 is 2.91 bits per heavy atom. The number of halogens is 1. The molecule has 2 heterocycles. The van der Waals surface area contributed by atoms with Gasteiger partial charge in [0.05, 0.1) is 18.8 Å². The molecule has 0 unspecified atom stereocenters. The van der Waals surface area contributed by atoms with Crippen molar-refractivity contribution in [3.05, 3.63) is 78.1 Å². The normalized spacial score (nSPS) is 12.1. The Hall–Kier alpha value is -2.69. The summed E-state index contributed by atoms with van der Waals surface area (Å²) >= 11 is 0. The van der Waals surface area contributed by atoms with Crippen molar-refractivity contribution in [3.8, 4) is 0 Å². The van der Waals surface area contributed by atoms with Crippen molar-refractivity contribution < 1.29 is 4.39 Å². The van der Waals surface area contributed by atoms with Crippen molar-refractivity contribution in [1.29, 1.82) is 0 Å². The highest BCUT2D eigenvalue weighted by atomic mass is 19.1. The highest BCUT2D eigenvalue weighted by molar-refractivity contribution is 5.47.